The van der Waals surface area contributed by atoms with E-state index in [9.17, 15) is 9.59 Å². The molecule has 0 atom stereocenters. The van der Waals surface area contributed by atoms with Gasteiger partial charge in [-0.1, -0.05) is 12.5 Å². The topological polar surface area (TPSA) is 92.7 Å². The van der Waals surface area contributed by atoms with Crippen molar-refractivity contribution in [1.82, 2.24) is 5.32 Å². The van der Waals surface area contributed by atoms with Gasteiger partial charge in [-0.25, -0.2) is 4.79 Å². The molecule has 0 saturated carbocycles. The highest BCUT2D eigenvalue weighted by atomic mass is 16.6. The summed E-state index contributed by atoms with van der Waals surface area (Å²) in [4.78, 5) is 29.6. The first-order chi connectivity index (χ1) is 9.53. The number of amides is 1. The summed E-state index contributed by atoms with van der Waals surface area (Å²) in [5.74, 6) is 0.213. The lowest BCUT2D eigenvalue weighted by molar-refractivity contribution is -0.123. The van der Waals surface area contributed by atoms with Crippen LogP contribution in [0.1, 0.15) is 54.9 Å². The molecule has 0 spiro atoms. The maximum atomic E-state index is 10.7. The molecule has 0 aliphatic heterocycles. The van der Waals surface area contributed by atoms with E-state index in [-0.39, 0.29) is 23.9 Å². The zero-order valence-corrected chi connectivity index (χ0v) is 14.1. The van der Waals surface area contributed by atoms with E-state index < -0.39 is 0 Å². The van der Waals surface area contributed by atoms with Crippen molar-refractivity contribution in [2.24, 2.45) is 0 Å². The molecule has 6 nitrogen and oxygen atoms in total. The van der Waals surface area contributed by atoms with E-state index in [4.69, 9.17) is 14.6 Å². The van der Waals surface area contributed by atoms with E-state index in [0.717, 1.165) is 5.57 Å². The highest BCUT2D eigenvalue weighted by molar-refractivity contribution is 5.89. The van der Waals surface area contributed by atoms with Crippen LogP contribution in [0.2, 0.25) is 0 Å². The number of alkyl carbamates (subject to hydrolysis) is 1. The summed E-state index contributed by atoms with van der Waals surface area (Å²) >= 11 is 0. The zero-order valence-electron chi connectivity index (χ0n) is 14.1. The van der Waals surface area contributed by atoms with E-state index in [0.29, 0.717) is 13.0 Å². The van der Waals surface area contributed by atoms with Crippen LogP contribution in [0.15, 0.2) is 11.6 Å². The van der Waals surface area contributed by atoms with Gasteiger partial charge in [0, 0.05) is 13.0 Å². The molecule has 0 radical (unpaired) electrons. The van der Waals surface area contributed by atoms with Gasteiger partial charge in [0.15, 0.2) is 5.78 Å². The first-order valence-corrected chi connectivity index (χ1v) is 6.76. The van der Waals surface area contributed by atoms with Gasteiger partial charge in [-0.3, -0.25) is 9.59 Å². The second kappa shape index (κ2) is 14.6. The largest absolute Gasteiger partial charge is 0.483 e. The number of rotatable bonds is 3. The lowest BCUT2D eigenvalue weighted by atomic mass is 10.2. The van der Waals surface area contributed by atoms with E-state index in [1.165, 1.54) is 0 Å². The van der Waals surface area contributed by atoms with E-state index in [1.807, 2.05) is 48.5 Å². The van der Waals surface area contributed by atoms with Gasteiger partial charge < -0.3 is 15.2 Å². The van der Waals surface area contributed by atoms with E-state index in [1.54, 1.807) is 6.08 Å². The molecular formula is C15H29NO5. The predicted octanol–water partition coefficient (Wildman–Crippen LogP) is 3.16. The summed E-state index contributed by atoms with van der Waals surface area (Å²) in [7, 11) is 0. The third kappa shape index (κ3) is 32.1. The number of hydrogen-bond donors (Lipinski definition) is 2. The molecule has 124 valence electrons. The quantitative estimate of drug-likeness (QED) is 0.617. The van der Waals surface area contributed by atoms with Crippen LogP contribution in [0, 0.1) is 0 Å². The molecule has 0 bridgehead atoms. The molecule has 1 amide bonds. The van der Waals surface area contributed by atoms with Gasteiger partial charge in [0.05, 0.1) is 0 Å². The van der Waals surface area contributed by atoms with Crippen molar-refractivity contribution in [3.8, 4) is 0 Å². The van der Waals surface area contributed by atoms with Crippen molar-refractivity contribution < 1.29 is 24.2 Å². The number of carbonyl (C=O) groups is 3. The monoisotopic (exact) mass is 303 g/mol. The summed E-state index contributed by atoms with van der Waals surface area (Å²) in [6, 6.07) is 0. The van der Waals surface area contributed by atoms with Gasteiger partial charge in [-0.2, -0.15) is 0 Å². The van der Waals surface area contributed by atoms with Crippen LogP contribution in [0.5, 0.6) is 0 Å². The maximum absolute atomic E-state index is 10.7. The van der Waals surface area contributed by atoms with Gasteiger partial charge in [-0.05, 0) is 47.6 Å². The molecule has 0 saturated heterocycles. The van der Waals surface area contributed by atoms with Crippen LogP contribution >= 0.6 is 0 Å². The first-order valence-electron chi connectivity index (χ1n) is 6.76. The number of allylic oxidation sites excluding steroid dienone is 2. The molecule has 0 aromatic carbocycles. The fourth-order valence-corrected chi connectivity index (χ4v) is 0.883. The average Bonchev–Trinajstić information content (AvgIpc) is 2.27. The fraction of sp³-hybridized carbons (Fsp3) is 0.667. The number of carbonyl (C=O) groups excluding carboxylic acids is 2. The lowest BCUT2D eigenvalue weighted by Gasteiger charge is -2.19. The molecular weight excluding hydrogens is 274 g/mol. The van der Waals surface area contributed by atoms with Gasteiger partial charge >= 0.3 is 6.09 Å². The summed E-state index contributed by atoms with van der Waals surface area (Å²) in [6.07, 6.45) is 1.93. The Morgan fingerprint density at radius 2 is 1.62 bits per heavy atom. The molecule has 0 aliphatic rings. The molecule has 0 aliphatic carbocycles. The highest BCUT2D eigenvalue weighted by Gasteiger charge is 2.14. The Bertz CT molecular complexity index is 325. The summed E-state index contributed by atoms with van der Waals surface area (Å²) < 4.78 is 4.93. The van der Waals surface area contributed by atoms with Crippen molar-refractivity contribution in [1.29, 1.82) is 0 Å². The Morgan fingerprint density at radius 3 is 1.81 bits per heavy atom. The second-order valence-corrected chi connectivity index (χ2v) is 5.18. The van der Waals surface area contributed by atoms with Crippen LogP contribution in [-0.4, -0.2) is 35.6 Å². The third-order valence-corrected chi connectivity index (χ3v) is 1.52. The molecule has 0 heterocycles. The molecule has 0 aromatic rings. The minimum absolute atomic E-state index is 0.213. The minimum atomic E-state index is -0.390. The Hall–Kier alpha value is -1.85. The van der Waals surface area contributed by atoms with E-state index >= 15 is 0 Å². The first kappa shape index (κ1) is 24.2. The van der Waals surface area contributed by atoms with Crippen LogP contribution in [0.3, 0.4) is 0 Å². The molecule has 0 aromatic heterocycles. The van der Waals surface area contributed by atoms with Crippen LogP contribution in [0.25, 0.3) is 0 Å². The van der Waals surface area contributed by atoms with Gasteiger partial charge in [0.2, 0.25) is 0 Å². The SMILES string of the molecule is CCC(=O)C=C(C)C.CCNC(=O)OC(C)(C)C.O=CO. The van der Waals surface area contributed by atoms with Gasteiger partial charge in [-0.15, -0.1) is 0 Å². The lowest BCUT2D eigenvalue weighted by Crippen LogP contribution is -2.32. The Labute approximate surface area is 127 Å². The third-order valence-electron chi connectivity index (χ3n) is 1.52. The van der Waals surface area contributed by atoms with E-state index in [2.05, 4.69) is 5.32 Å². The van der Waals surface area contributed by atoms with Crippen LogP contribution in [0.4, 0.5) is 4.79 Å². The predicted molar refractivity (Wildman–Crippen MR) is 83.3 cm³/mol. The summed E-state index contributed by atoms with van der Waals surface area (Å²) in [5.41, 5.74) is 0.691. The maximum Gasteiger partial charge on any atom is 0.407 e. The van der Waals surface area contributed by atoms with Crippen molar-refractivity contribution in [2.75, 3.05) is 6.54 Å². The number of ketones is 1. The fourth-order valence-electron chi connectivity index (χ4n) is 0.883. The van der Waals surface area contributed by atoms with Crippen molar-refractivity contribution in [3.63, 3.8) is 0 Å². The molecule has 6 heteroatoms. The second-order valence-electron chi connectivity index (χ2n) is 5.18. The molecule has 0 rings (SSSR count). The van der Waals surface area contributed by atoms with Crippen LogP contribution < -0.4 is 5.32 Å². The van der Waals surface area contributed by atoms with Crippen LogP contribution in [-0.2, 0) is 14.3 Å². The number of ether oxygens (including phenoxy) is 1. The van der Waals surface area contributed by atoms with Crippen molar-refractivity contribution >= 4 is 18.3 Å². The van der Waals surface area contributed by atoms with Gasteiger partial charge in [0.1, 0.15) is 5.60 Å². The number of carboxylic acid groups (broad SMARTS) is 1. The molecule has 0 fully saturated rings. The number of nitrogens with one attached hydrogen (secondary N) is 1. The molecule has 2 N–H and O–H groups in total. The number of hydrogen-bond acceptors (Lipinski definition) is 4. The Kier molecular flexibility index (Phi) is 16.8. The summed E-state index contributed by atoms with van der Waals surface area (Å²) in [5, 5.41) is 9.43. The normalized spacial score (nSPS) is 8.90. The summed E-state index contributed by atoms with van der Waals surface area (Å²) in [6.45, 7) is 13.4. The Balaban J connectivity index is -0.000000264. The average molecular weight is 303 g/mol. The Morgan fingerprint density at radius 1 is 1.19 bits per heavy atom. The highest BCUT2D eigenvalue weighted by Crippen LogP contribution is 2.05. The minimum Gasteiger partial charge on any atom is -0.483 e. The van der Waals surface area contributed by atoms with Gasteiger partial charge in [0.25, 0.3) is 6.47 Å². The van der Waals surface area contributed by atoms with Crippen molar-refractivity contribution in [3.05, 3.63) is 11.6 Å². The molecule has 21 heavy (non-hydrogen) atoms. The smallest absolute Gasteiger partial charge is 0.407 e. The molecule has 0 unspecified atom stereocenters. The van der Waals surface area contributed by atoms with Crippen molar-refractivity contribution in [2.45, 2.75) is 60.5 Å². The zero-order chi connectivity index (χ0) is 17.5. The standard InChI is InChI=1S/C7H15NO2.C7H12O.CH2O2/c1-5-8-6(9)10-7(2,3)4;1-4-7(8)5-6(2)3;2-1-3/h5H2,1-4H3,(H,8,9);5H,4H2,1-3H3;1H,(H,2,3).